The predicted octanol–water partition coefficient (Wildman–Crippen LogP) is 2.59. The molecule has 4 rings (SSSR count). The number of aromatic nitrogens is 3. The van der Waals surface area contributed by atoms with Crippen LogP contribution in [0.15, 0.2) is 28.5 Å². The van der Waals surface area contributed by atoms with Gasteiger partial charge in [-0.1, -0.05) is 0 Å². The van der Waals surface area contributed by atoms with Crippen molar-refractivity contribution in [3.8, 4) is 16.6 Å². The van der Waals surface area contributed by atoms with Crippen LogP contribution < -0.4 is 15.0 Å². The van der Waals surface area contributed by atoms with Crippen LogP contribution in [-0.2, 0) is 6.18 Å². The molecule has 0 fully saturated rings. The second-order valence-corrected chi connectivity index (χ2v) is 5.47. The Morgan fingerprint density at radius 1 is 1.22 bits per heavy atom. The van der Waals surface area contributed by atoms with Gasteiger partial charge in [-0.05, 0) is 12.1 Å². The normalized spacial score (nSPS) is 13.7. The summed E-state index contributed by atoms with van der Waals surface area (Å²) in [6, 6.07) is 3.08. The molecule has 3 heterocycles. The maximum absolute atomic E-state index is 12.6. The molecule has 2 aromatic heterocycles. The zero-order valence-corrected chi connectivity index (χ0v) is 11.9. The molecule has 0 unspecified atom stereocenters. The highest BCUT2D eigenvalue weighted by molar-refractivity contribution is 7.12. The van der Waals surface area contributed by atoms with Gasteiger partial charge in [-0.3, -0.25) is 4.79 Å². The van der Waals surface area contributed by atoms with E-state index in [1.54, 1.807) is 6.07 Å². The average Bonchev–Trinajstić information content (AvgIpc) is 3.16. The molecule has 0 N–H and O–H groups in total. The van der Waals surface area contributed by atoms with Gasteiger partial charge in [0.2, 0.25) is 11.9 Å². The zero-order chi connectivity index (χ0) is 16.2. The molecule has 23 heavy (non-hydrogen) atoms. The number of nitrogens with zero attached hydrogens (tertiary/aromatic N) is 3. The van der Waals surface area contributed by atoms with Gasteiger partial charge in [0, 0.05) is 5.38 Å². The number of fused-ring (bicyclic) bond motifs is 3. The summed E-state index contributed by atoms with van der Waals surface area (Å²) in [4.78, 5) is 15.9. The number of hydrogen-bond acceptors (Lipinski definition) is 6. The van der Waals surface area contributed by atoms with Crippen molar-refractivity contribution in [2.75, 3.05) is 6.79 Å². The average molecular weight is 341 g/mol. The van der Waals surface area contributed by atoms with Crippen molar-refractivity contribution in [1.29, 1.82) is 0 Å². The molecular weight excluding hydrogens is 335 g/mol. The summed E-state index contributed by atoms with van der Waals surface area (Å²) in [5.74, 6) is 0.888. The molecule has 0 saturated carbocycles. The van der Waals surface area contributed by atoms with E-state index in [0.717, 1.165) is 10.1 Å². The topological polar surface area (TPSA) is 66.2 Å². The highest BCUT2D eigenvalue weighted by Gasteiger charge is 2.34. The van der Waals surface area contributed by atoms with Crippen molar-refractivity contribution >= 4 is 22.1 Å². The van der Waals surface area contributed by atoms with E-state index in [-0.39, 0.29) is 17.3 Å². The van der Waals surface area contributed by atoms with E-state index in [1.807, 2.05) is 0 Å². The first-order chi connectivity index (χ1) is 10.9. The fraction of sp³-hybridized carbons (Fsp3) is 0.154. The molecule has 118 valence electrons. The minimum absolute atomic E-state index is 0.0406. The molecule has 0 spiro atoms. The highest BCUT2D eigenvalue weighted by atomic mass is 32.1. The second kappa shape index (κ2) is 4.69. The summed E-state index contributed by atoms with van der Waals surface area (Å²) in [6.07, 6.45) is -3.22. The van der Waals surface area contributed by atoms with Crippen molar-refractivity contribution in [1.82, 2.24) is 14.8 Å². The third-order valence-electron chi connectivity index (χ3n) is 3.27. The fourth-order valence-corrected chi connectivity index (χ4v) is 3.00. The van der Waals surface area contributed by atoms with Gasteiger partial charge in [0.1, 0.15) is 0 Å². The van der Waals surface area contributed by atoms with Crippen LogP contribution in [0.25, 0.3) is 15.9 Å². The summed E-state index contributed by atoms with van der Waals surface area (Å²) in [5.41, 5.74) is -1.64. The highest BCUT2D eigenvalue weighted by Crippen LogP contribution is 2.37. The van der Waals surface area contributed by atoms with Crippen LogP contribution >= 0.6 is 11.3 Å². The lowest BCUT2D eigenvalue weighted by atomic mass is 10.1. The number of alkyl halides is 3. The van der Waals surface area contributed by atoms with Gasteiger partial charge in [0.15, 0.2) is 17.2 Å². The van der Waals surface area contributed by atoms with Crippen LogP contribution in [0.1, 0.15) is 5.69 Å². The zero-order valence-electron chi connectivity index (χ0n) is 11.1. The number of benzene rings is 1. The Labute approximate surface area is 129 Å². The van der Waals surface area contributed by atoms with E-state index < -0.39 is 17.4 Å². The van der Waals surface area contributed by atoms with Crippen molar-refractivity contribution in [2.24, 2.45) is 0 Å². The smallest absolute Gasteiger partial charge is 0.434 e. The molecule has 1 aliphatic heterocycles. The lowest BCUT2D eigenvalue weighted by Crippen LogP contribution is -2.21. The molecule has 0 amide bonds. The Morgan fingerprint density at radius 3 is 2.78 bits per heavy atom. The largest absolute Gasteiger partial charge is 0.454 e. The lowest BCUT2D eigenvalue weighted by Gasteiger charge is -2.05. The van der Waals surface area contributed by atoms with Crippen molar-refractivity contribution < 1.29 is 22.6 Å². The van der Waals surface area contributed by atoms with E-state index in [9.17, 15) is 18.0 Å². The first-order valence-electron chi connectivity index (χ1n) is 6.29. The third kappa shape index (κ3) is 2.13. The molecule has 0 atom stereocenters. The maximum Gasteiger partial charge on any atom is 0.434 e. The Kier molecular flexibility index (Phi) is 2.85. The SMILES string of the molecule is O=c1c2ccc3c(c2cnn1-c1nc(C(F)(F)F)cs1)OCO3. The standard InChI is InChI=1S/C13H6F3N3O3S/c14-13(15,16)9-4-23-12(18-9)19-11(20)6-1-2-8-10(22-5-21-8)7(6)3-17-19/h1-4H,5H2. The predicted molar refractivity (Wildman–Crippen MR) is 74.1 cm³/mol. The van der Waals surface area contributed by atoms with Gasteiger partial charge >= 0.3 is 6.18 Å². The summed E-state index contributed by atoms with van der Waals surface area (Å²) in [6.45, 7) is 0.0406. The fourth-order valence-electron chi connectivity index (χ4n) is 2.22. The molecule has 1 aliphatic rings. The van der Waals surface area contributed by atoms with Crippen LogP contribution in [0, 0.1) is 0 Å². The van der Waals surface area contributed by atoms with E-state index >= 15 is 0 Å². The molecule has 0 saturated heterocycles. The minimum atomic E-state index is -4.57. The van der Waals surface area contributed by atoms with E-state index in [2.05, 4.69) is 10.1 Å². The Hall–Kier alpha value is -2.62. The number of ether oxygens (including phenoxy) is 2. The van der Waals surface area contributed by atoms with Crippen molar-refractivity contribution in [3.63, 3.8) is 0 Å². The third-order valence-corrected chi connectivity index (χ3v) is 4.08. The van der Waals surface area contributed by atoms with Crippen LogP contribution in [-0.4, -0.2) is 21.6 Å². The quantitative estimate of drug-likeness (QED) is 0.681. The summed E-state index contributed by atoms with van der Waals surface area (Å²) in [5, 5.41) is 5.28. The Morgan fingerprint density at radius 2 is 2.04 bits per heavy atom. The van der Waals surface area contributed by atoms with Crippen LogP contribution in [0.2, 0.25) is 0 Å². The van der Waals surface area contributed by atoms with Crippen molar-refractivity contribution in [2.45, 2.75) is 6.18 Å². The summed E-state index contributed by atoms with van der Waals surface area (Å²) >= 11 is 0.691. The van der Waals surface area contributed by atoms with Gasteiger partial charge in [0.05, 0.1) is 17.0 Å². The first-order valence-corrected chi connectivity index (χ1v) is 7.17. The molecule has 0 bridgehead atoms. The van der Waals surface area contributed by atoms with Gasteiger partial charge in [-0.2, -0.15) is 23.0 Å². The van der Waals surface area contributed by atoms with Gasteiger partial charge in [-0.25, -0.2) is 4.98 Å². The van der Waals surface area contributed by atoms with Crippen LogP contribution in [0.4, 0.5) is 13.2 Å². The van der Waals surface area contributed by atoms with E-state index in [0.29, 0.717) is 28.2 Å². The van der Waals surface area contributed by atoms with Crippen LogP contribution in [0.5, 0.6) is 11.5 Å². The monoisotopic (exact) mass is 341 g/mol. The first kappa shape index (κ1) is 14.0. The summed E-state index contributed by atoms with van der Waals surface area (Å²) < 4.78 is 49.2. The molecule has 1 aromatic carbocycles. The molecule has 0 radical (unpaired) electrons. The summed E-state index contributed by atoms with van der Waals surface area (Å²) in [7, 11) is 0. The van der Waals surface area contributed by atoms with Gasteiger partial charge in [0.25, 0.3) is 5.56 Å². The number of rotatable bonds is 1. The number of halogens is 3. The molecular formula is C13H6F3N3O3S. The maximum atomic E-state index is 12.6. The Balaban J connectivity index is 1.89. The van der Waals surface area contributed by atoms with E-state index in [1.165, 1.54) is 12.3 Å². The van der Waals surface area contributed by atoms with Gasteiger partial charge in [-0.15, -0.1) is 11.3 Å². The minimum Gasteiger partial charge on any atom is -0.454 e. The number of thiazole rings is 1. The van der Waals surface area contributed by atoms with Crippen molar-refractivity contribution in [3.05, 3.63) is 39.8 Å². The molecule has 6 nitrogen and oxygen atoms in total. The lowest BCUT2D eigenvalue weighted by molar-refractivity contribution is -0.140. The number of hydrogen-bond donors (Lipinski definition) is 0. The molecule has 10 heteroatoms. The Bertz CT molecular complexity index is 980. The van der Waals surface area contributed by atoms with Crippen LogP contribution in [0.3, 0.4) is 0 Å². The molecule has 0 aliphatic carbocycles. The van der Waals surface area contributed by atoms with E-state index in [4.69, 9.17) is 9.47 Å². The van der Waals surface area contributed by atoms with Gasteiger partial charge < -0.3 is 9.47 Å². The second-order valence-electron chi connectivity index (χ2n) is 4.64. The molecule has 3 aromatic rings.